The summed E-state index contributed by atoms with van der Waals surface area (Å²) in [5, 5.41) is 0. The predicted octanol–water partition coefficient (Wildman–Crippen LogP) is 3.32. The van der Waals surface area contributed by atoms with Crippen molar-refractivity contribution in [2.24, 2.45) is 0 Å². The molecule has 4 unspecified atom stereocenters. The van der Waals surface area contributed by atoms with Crippen molar-refractivity contribution >= 4 is 0 Å². The standard InChI is InChI=1S/C22H26O7/c1-23-15-9-5-7-13(19(15)25-3)21(17-11-27-17)29-22(18-12-28-18)14-8-6-10-16(24-2)20(14)26-4/h5-10,17-18,21-22H,11-12H2,1-4H3. The van der Waals surface area contributed by atoms with Gasteiger partial charge < -0.3 is 33.2 Å². The molecule has 7 nitrogen and oxygen atoms in total. The Bertz CT molecular complexity index is 776. The SMILES string of the molecule is COc1cccc(C(OC(c2cccc(OC)c2OC)C2CO2)C2CO2)c1OC. The van der Waals surface area contributed by atoms with E-state index in [1.165, 1.54) is 0 Å². The third-order valence-electron chi connectivity index (χ3n) is 5.17. The van der Waals surface area contributed by atoms with E-state index >= 15 is 0 Å². The van der Waals surface area contributed by atoms with E-state index in [0.29, 0.717) is 36.2 Å². The summed E-state index contributed by atoms with van der Waals surface area (Å²) in [6, 6.07) is 11.5. The van der Waals surface area contributed by atoms with E-state index in [1.54, 1.807) is 28.4 Å². The number of benzene rings is 2. The highest BCUT2D eigenvalue weighted by atomic mass is 16.6. The van der Waals surface area contributed by atoms with Gasteiger partial charge in [-0.3, -0.25) is 0 Å². The molecule has 0 aliphatic carbocycles. The minimum absolute atomic E-state index is 0.0612. The second kappa shape index (κ2) is 8.49. The van der Waals surface area contributed by atoms with Gasteiger partial charge in [0.25, 0.3) is 0 Å². The van der Waals surface area contributed by atoms with Crippen molar-refractivity contribution in [3.63, 3.8) is 0 Å². The normalized spacial score (nSPS) is 21.8. The highest BCUT2D eigenvalue weighted by molar-refractivity contribution is 5.50. The first-order chi connectivity index (χ1) is 14.2. The molecule has 29 heavy (non-hydrogen) atoms. The Balaban J connectivity index is 1.71. The highest BCUT2D eigenvalue weighted by Gasteiger charge is 2.44. The van der Waals surface area contributed by atoms with Crippen LogP contribution in [0, 0.1) is 0 Å². The summed E-state index contributed by atoms with van der Waals surface area (Å²) in [5.74, 6) is 2.59. The van der Waals surface area contributed by atoms with Crippen LogP contribution in [0.25, 0.3) is 0 Å². The summed E-state index contributed by atoms with van der Waals surface area (Å²) in [7, 11) is 6.48. The highest BCUT2D eigenvalue weighted by Crippen LogP contribution is 2.47. The summed E-state index contributed by atoms with van der Waals surface area (Å²) in [4.78, 5) is 0. The van der Waals surface area contributed by atoms with E-state index in [4.69, 9.17) is 33.2 Å². The molecule has 2 heterocycles. The maximum absolute atomic E-state index is 6.63. The van der Waals surface area contributed by atoms with Crippen molar-refractivity contribution in [1.29, 1.82) is 0 Å². The van der Waals surface area contributed by atoms with Crippen LogP contribution < -0.4 is 18.9 Å². The zero-order valence-electron chi connectivity index (χ0n) is 17.0. The molecule has 156 valence electrons. The molecule has 0 bridgehead atoms. The van der Waals surface area contributed by atoms with Crippen LogP contribution in [0.2, 0.25) is 0 Å². The van der Waals surface area contributed by atoms with Crippen molar-refractivity contribution in [2.45, 2.75) is 24.4 Å². The number of para-hydroxylation sites is 2. The van der Waals surface area contributed by atoms with E-state index < -0.39 is 0 Å². The summed E-state index contributed by atoms with van der Waals surface area (Å²) < 4.78 is 40.1. The zero-order valence-corrected chi connectivity index (χ0v) is 17.0. The van der Waals surface area contributed by atoms with Gasteiger partial charge in [-0.2, -0.15) is 0 Å². The van der Waals surface area contributed by atoms with Crippen molar-refractivity contribution in [3.05, 3.63) is 47.5 Å². The first kappa shape index (κ1) is 19.8. The lowest BCUT2D eigenvalue weighted by atomic mass is 10.0. The van der Waals surface area contributed by atoms with Crippen molar-refractivity contribution in [2.75, 3.05) is 41.7 Å². The molecule has 2 aliphatic heterocycles. The lowest BCUT2D eigenvalue weighted by Gasteiger charge is -2.26. The van der Waals surface area contributed by atoms with Crippen LogP contribution in [-0.4, -0.2) is 53.9 Å². The molecule has 0 radical (unpaired) electrons. The smallest absolute Gasteiger partial charge is 0.166 e. The first-order valence-electron chi connectivity index (χ1n) is 9.52. The number of hydrogen-bond acceptors (Lipinski definition) is 7. The molecule has 2 aromatic carbocycles. The molecule has 4 rings (SSSR count). The molecular weight excluding hydrogens is 376 g/mol. The molecule has 0 saturated carbocycles. The zero-order chi connectivity index (χ0) is 20.4. The predicted molar refractivity (Wildman–Crippen MR) is 105 cm³/mol. The Kier molecular flexibility index (Phi) is 5.80. The van der Waals surface area contributed by atoms with Gasteiger partial charge in [-0.05, 0) is 12.1 Å². The van der Waals surface area contributed by atoms with Crippen LogP contribution in [0.15, 0.2) is 36.4 Å². The first-order valence-corrected chi connectivity index (χ1v) is 9.52. The minimum atomic E-state index is -0.342. The van der Waals surface area contributed by atoms with Crippen LogP contribution in [-0.2, 0) is 14.2 Å². The second-order valence-electron chi connectivity index (χ2n) is 6.89. The van der Waals surface area contributed by atoms with E-state index in [2.05, 4.69) is 0 Å². The van der Waals surface area contributed by atoms with Gasteiger partial charge in [-0.1, -0.05) is 24.3 Å². The number of rotatable bonds is 10. The molecular formula is C22H26O7. The van der Waals surface area contributed by atoms with Crippen molar-refractivity contribution in [3.8, 4) is 23.0 Å². The number of methoxy groups -OCH3 is 4. The van der Waals surface area contributed by atoms with Gasteiger partial charge >= 0.3 is 0 Å². The molecule has 0 N–H and O–H groups in total. The second-order valence-corrected chi connectivity index (χ2v) is 6.89. The summed E-state index contributed by atoms with van der Waals surface area (Å²) in [6.45, 7) is 1.25. The van der Waals surface area contributed by atoms with Gasteiger partial charge in [0.2, 0.25) is 0 Å². The van der Waals surface area contributed by atoms with Gasteiger partial charge in [-0.25, -0.2) is 0 Å². The lowest BCUT2D eigenvalue weighted by molar-refractivity contribution is -0.0438. The van der Waals surface area contributed by atoms with Crippen molar-refractivity contribution < 1.29 is 33.2 Å². The Morgan fingerprint density at radius 3 is 1.41 bits per heavy atom. The monoisotopic (exact) mass is 402 g/mol. The Hall–Kier alpha value is -2.48. The fraction of sp³-hybridized carbons (Fsp3) is 0.455. The van der Waals surface area contributed by atoms with E-state index in [0.717, 1.165) is 11.1 Å². The molecule has 2 aliphatic rings. The van der Waals surface area contributed by atoms with Crippen LogP contribution in [0.4, 0.5) is 0 Å². The molecule has 7 heteroatoms. The van der Waals surface area contributed by atoms with E-state index in [-0.39, 0.29) is 24.4 Å². The van der Waals surface area contributed by atoms with Crippen molar-refractivity contribution in [1.82, 2.24) is 0 Å². The maximum Gasteiger partial charge on any atom is 0.166 e. The summed E-state index contributed by atoms with van der Waals surface area (Å²) in [6.07, 6.45) is -0.807. The van der Waals surface area contributed by atoms with Gasteiger partial charge in [-0.15, -0.1) is 0 Å². The third kappa shape index (κ3) is 3.99. The van der Waals surface area contributed by atoms with Gasteiger partial charge in [0.15, 0.2) is 23.0 Å². The van der Waals surface area contributed by atoms with Gasteiger partial charge in [0.05, 0.1) is 41.7 Å². The fourth-order valence-corrected chi connectivity index (χ4v) is 3.61. The summed E-state index contributed by atoms with van der Waals surface area (Å²) >= 11 is 0. The number of hydrogen-bond donors (Lipinski definition) is 0. The van der Waals surface area contributed by atoms with Gasteiger partial charge in [0.1, 0.15) is 24.4 Å². The third-order valence-corrected chi connectivity index (χ3v) is 5.17. The molecule has 2 saturated heterocycles. The molecule has 0 spiro atoms. The van der Waals surface area contributed by atoms with Crippen LogP contribution in [0.1, 0.15) is 23.3 Å². The Morgan fingerprint density at radius 1 is 0.690 bits per heavy atom. The average molecular weight is 402 g/mol. The van der Waals surface area contributed by atoms with Gasteiger partial charge in [0, 0.05) is 11.1 Å². The average Bonchev–Trinajstić information content (AvgIpc) is 3.66. The minimum Gasteiger partial charge on any atom is -0.493 e. The van der Waals surface area contributed by atoms with Crippen LogP contribution >= 0.6 is 0 Å². The van der Waals surface area contributed by atoms with Crippen LogP contribution in [0.3, 0.4) is 0 Å². The number of ether oxygens (including phenoxy) is 7. The number of epoxide rings is 2. The largest absolute Gasteiger partial charge is 0.493 e. The topological polar surface area (TPSA) is 71.2 Å². The molecule has 2 aromatic rings. The molecule has 0 amide bonds. The maximum atomic E-state index is 6.63. The quantitative estimate of drug-likeness (QED) is 0.565. The van der Waals surface area contributed by atoms with Crippen LogP contribution in [0.5, 0.6) is 23.0 Å². The molecule has 0 aromatic heterocycles. The molecule has 4 atom stereocenters. The Morgan fingerprint density at radius 2 is 1.10 bits per heavy atom. The Labute approximate surface area is 170 Å². The summed E-state index contributed by atoms with van der Waals surface area (Å²) in [5.41, 5.74) is 1.75. The van der Waals surface area contributed by atoms with E-state index in [1.807, 2.05) is 36.4 Å². The fourth-order valence-electron chi connectivity index (χ4n) is 3.61. The molecule has 2 fully saturated rings. The lowest BCUT2D eigenvalue weighted by Crippen LogP contribution is -2.20. The van der Waals surface area contributed by atoms with E-state index in [9.17, 15) is 0 Å².